The highest BCUT2D eigenvalue weighted by molar-refractivity contribution is 4.82. The average Bonchev–Trinajstić information content (AvgIpc) is 2.01. The van der Waals surface area contributed by atoms with Crippen LogP contribution in [0.5, 0.6) is 0 Å². The zero-order valence-corrected chi connectivity index (χ0v) is 9.37. The van der Waals surface area contributed by atoms with Crippen molar-refractivity contribution in [2.75, 3.05) is 6.54 Å². The maximum atomic E-state index is 12.8. The SMILES string of the molecule is CC(C)(C)CNC1CCC(F)(F)CC1. The van der Waals surface area contributed by atoms with Crippen molar-refractivity contribution in [2.45, 2.75) is 58.4 Å². The molecule has 3 heteroatoms. The molecule has 0 amide bonds. The van der Waals surface area contributed by atoms with E-state index in [2.05, 4.69) is 26.1 Å². The lowest BCUT2D eigenvalue weighted by atomic mass is 9.90. The lowest BCUT2D eigenvalue weighted by Crippen LogP contribution is -2.40. The van der Waals surface area contributed by atoms with Crippen LogP contribution in [0, 0.1) is 5.41 Å². The van der Waals surface area contributed by atoms with E-state index in [1.54, 1.807) is 0 Å². The molecule has 0 atom stereocenters. The molecule has 1 fully saturated rings. The van der Waals surface area contributed by atoms with Crippen LogP contribution >= 0.6 is 0 Å². The van der Waals surface area contributed by atoms with E-state index in [9.17, 15) is 8.78 Å². The third-order valence-electron chi connectivity index (χ3n) is 2.64. The van der Waals surface area contributed by atoms with Crippen LogP contribution in [-0.2, 0) is 0 Å². The maximum absolute atomic E-state index is 12.8. The van der Waals surface area contributed by atoms with Gasteiger partial charge in [0, 0.05) is 25.4 Å². The van der Waals surface area contributed by atoms with Gasteiger partial charge in [-0.05, 0) is 18.3 Å². The van der Waals surface area contributed by atoms with Gasteiger partial charge in [-0.1, -0.05) is 20.8 Å². The van der Waals surface area contributed by atoms with Crippen molar-refractivity contribution in [3.8, 4) is 0 Å². The Bertz CT molecular complexity index is 174. The zero-order valence-electron chi connectivity index (χ0n) is 9.37. The van der Waals surface area contributed by atoms with Crippen LogP contribution in [0.15, 0.2) is 0 Å². The second kappa shape index (κ2) is 4.13. The van der Waals surface area contributed by atoms with Gasteiger partial charge in [0.25, 0.3) is 0 Å². The van der Waals surface area contributed by atoms with Crippen molar-refractivity contribution < 1.29 is 8.78 Å². The van der Waals surface area contributed by atoms with E-state index in [4.69, 9.17) is 0 Å². The molecule has 1 saturated carbocycles. The van der Waals surface area contributed by atoms with Gasteiger partial charge in [0.1, 0.15) is 0 Å². The van der Waals surface area contributed by atoms with Gasteiger partial charge in [0.05, 0.1) is 0 Å². The van der Waals surface area contributed by atoms with Gasteiger partial charge in [-0.25, -0.2) is 8.78 Å². The monoisotopic (exact) mass is 205 g/mol. The molecular weight excluding hydrogens is 184 g/mol. The normalized spacial score (nSPS) is 23.8. The van der Waals surface area contributed by atoms with Crippen molar-refractivity contribution in [1.82, 2.24) is 5.32 Å². The molecule has 1 N–H and O–H groups in total. The minimum atomic E-state index is -2.40. The van der Waals surface area contributed by atoms with Crippen LogP contribution in [0.25, 0.3) is 0 Å². The van der Waals surface area contributed by atoms with Crippen molar-refractivity contribution in [1.29, 1.82) is 0 Å². The summed E-state index contributed by atoms with van der Waals surface area (Å²) in [6, 6.07) is 0.300. The van der Waals surface area contributed by atoms with Crippen molar-refractivity contribution >= 4 is 0 Å². The Labute approximate surface area is 85.3 Å². The number of hydrogen-bond donors (Lipinski definition) is 1. The Morgan fingerprint density at radius 3 is 2.14 bits per heavy atom. The molecule has 0 aromatic rings. The van der Waals surface area contributed by atoms with E-state index < -0.39 is 5.92 Å². The molecule has 0 bridgehead atoms. The minimum Gasteiger partial charge on any atom is -0.313 e. The zero-order chi connectivity index (χ0) is 10.8. The van der Waals surface area contributed by atoms with Crippen molar-refractivity contribution in [2.24, 2.45) is 5.41 Å². The molecule has 1 rings (SSSR count). The molecule has 1 aliphatic rings. The first kappa shape index (κ1) is 11.9. The van der Waals surface area contributed by atoms with Gasteiger partial charge in [0.15, 0.2) is 0 Å². The number of rotatable bonds is 2. The molecular formula is C11H21F2N. The average molecular weight is 205 g/mol. The van der Waals surface area contributed by atoms with Crippen LogP contribution in [-0.4, -0.2) is 18.5 Å². The first-order valence-electron chi connectivity index (χ1n) is 5.40. The molecule has 0 radical (unpaired) electrons. The third kappa shape index (κ3) is 4.36. The molecule has 0 aromatic carbocycles. The van der Waals surface area contributed by atoms with E-state index in [0.29, 0.717) is 18.9 Å². The molecule has 0 heterocycles. The highest BCUT2D eigenvalue weighted by atomic mass is 19.3. The molecule has 84 valence electrons. The summed E-state index contributed by atoms with van der Waals surface area (Å²) in [4.78, 5) is 0. The Morgan fingerprint density at radius 1 is 1.21 bits per heavy atom. The van der Waals surface area contributed by atoms with E-state index in [1.807, 2.05) is 0 Å². The second-order valence-electron chi connectivity index (χ2n) is 5.57. The predicted molar refractivity (Wildman–Crippen MR) is 54.7 cm³/mol. The molecule has 0 aromatic heterocycles. The second-order valence-corrected chi connectivity index (χ2v) is 5.57. The summed E-state index contributed by atoms with van der Waals surface area (Å²) >= 11 is 0. The van der Waals surface area contributed by atoms with Crippen LogP contribution in [0.2, 0.25) is 0 Å². The van der Waals surface area contributed by atoms with E-state index >= 15 is 0 Å². The number of hydrogen-bond acceptors (Lipinski definition) is 1. The quantitative estimate of drug-likeness (QED) is 0.730. The molecule has 14 heavy (non-hydrogen) atoms. The third-order valence-corrected chi connectivity index (χ3v) is 2.64. The highest BCUT2D eigenvalue weighted by Gasteiger charge is 2.34. The topological polar surface area (TPSA) is 12.0 Å². The van der Waals surface area contributed by atoms with Gasteiger partial charge in [-0.2, -0.15) is 0 Å². The predicted octanol–water partition coefficient (Wildman–Crippen LogP) is 3.20. The molecule has 1 nitrogen and oxygen atoms in total. The fourth-order valence-electron chi connectivity index (χ4n) is 1.69. The molecule has 0 spiro atoms. The molecule has 0 aliphatic heterocycles. The smallest absolute Gasteiger partial charge is 0.248 e. The summed E-state index contributed by atoms with van der Waals surface area (Å²) in [7, 11) is 0. The lowest BCUT2D eigenvalue weighted by Gasteiger charge is -2.31. The summed E-state index contributed by atoms with van der Waals surface area (Å²) in [6.45, 7) is 7.36. The molecule has 1 aliphatic carbocycles. The Kier molecular flexibility index (Phi) is 3.51. The first-order chi connectivity index (χ1) is 6.29. The van der Waals surface area contributed by atoms with Crippen LogP contribution in [0.3, 0.4) is 0 Å². The number of alkyl halides is 2. The first-order valence-corrected chi connectivity index (χ1v) is 5.40. The molecule has 0 saturated heterocycles. The summed E-state index contributed by atoms with van der Waals surface area (Å²) in [5.74, 6) is -2.40. The molecule has 0 unspecified atom stereocenters. The van der Waals surface area contributed by atoms with Crippen LogP contribution < -0.4 is 5.32 Å². The Balaban J connectivity index is 2.23. The highest BCUT2D eigenvalue weighted by Crippen LogP contribution is 2.33. The maximum Gasteiger partial charge on any atom is 0.248 e. The minimum absolute atomic E-state index is 0.0504. The Hall–Kier alpha value is -0.180. The van der Waals surface area contributed by atoms with Gasteiger partial charge in [-0.15, -0.1) is 0 Å². The van der Waals surface area contributed by atoms with Gasteiger partial charge in [0.2, 0.25) is 5.92 Å². The van der Waals surface area contributed by atoms with Gasteiger partial charge in [-0.3, -0.25) is 0 Å². The van der Waals surface area contributed by atoms with Crippen LogP contribution in [0.1, 0.15) is 46.5 Å². The van der Waals surface area contributed by atoms with E-state index in [-0.39, 0.29) is 18.3 Å². The van der Waals surface area contributed by atoms with Gasteiger partial charge >= 0.3 is 0 Å². The van der Waals surface area contributed by atoms with E-state index in [0.717, 1.165) is 6.54 Å². The largest absolute Gasteiger partial charge is 0.313 e. The summed E-state index contributed by atoms with van der Waals surface area (Å²) in [6.07, 6.45) is 1.33. The van der Waals surface area contributed by atoms with Crippen LogP contribution in [0.4, 0.5) is 8.78 Å². The fourth-order valence-corrected chi connectivity index (χ4v) is 1.69. The van der Waals surface area contributed by atoms with Crippen molar-refractivity contribution in [3.05, 3.63) is 0 Å². The van der Waals surface area contributed by atoms with Gasteiger partial charge < -0.3 is 5.32 Å². The number of halogens is 2. The van der Waals surface area contributed by atoms with E-state index in [1.165, 1.54) is 0 Å². The summed E-state index contributed by atoms with van der Waals surface area (Å²) in [5, 5.41) is 3.37. The lowest BCUT2D eigenvalue weighted by molar-refractivity contribution is -0.0408. The Morgan fingerprint density at radius 2 is 1.71 bits per heavy atom. The number of nitrogens with one attached hydrogen (secondary N) is 1. The van der Waals surface area contributed by atoms with Crippen molar-refractivity contribution in [3.63, 3.8) is 0 Å². The fraction of sp³-hybridized carbons (Fsp3) is 1.00. The standard InChI is InChI=1S/C11H21F2N/c1-10(2,3)8-14-9-4-6-11(12,13)7-5-9/h9,14H,4-8H2,1-3H3. The summed E-state index contributed by atoms with van der Waals surface area (Å²) < 4.78 is 25.6. The summed E-state index contributed by atoms with van der Waals surface area (Å²) in [5.41, 5.74) is 0.236.